The van der Waals surface area contributed by atoms with Crippen LogP contribution >= 0.6 is 0 Å². The van der Waals surface area contributed by atoms with Gasteiger partial charge >= 0.3 is 7.12 Å². The Balaban J connectivity index is 1.75. The molecule has 0 spiro atoms. The summed E-state index contributed by atoms with van der Waals surface area (Å²) in [5, 5.41) is 0. The highest BCUT2D eigenvalue weighted by atomic mass is 32.2. The lowest BCUT2D eigenvalue weighted by Crippen LogP contribution is -2.41. The van der Waals surface area contributed by atoms with Gasteiger partial charge in [0, 0.05) is 0 Å². The average Bonchev–Trinajstić information content (AvgIpc) is 2.76. The lowest BCUT2D eigenvalue weighted by molar-refractivity contribution is 0.00578. The van der Waals surface area contributed by atoms with E-state index in [1.807, 2.05) is 34.6 Å². The second-order valence-corrected chi connectivity index (χ2v) is 9.16. The highest BCUT2D eigenvalue weighted by Crippen LogP contribution is 2.36. The Bertz CT molecular complexity index is 878. The summed E-state index contributed by atoms with van der Waals surface area (Å²) in [6.07, 6.45) is 1.46. The van der Waals surface area contributed by atoms with E-state index in [-0.39, 0.29) is 4.90 Å². The van der Waals surface area contributed by atoms with Crippen LogP contribution in [0.5, 0.6) is 0 Å². The van der Waals surface area contributed by atoms with Crippen LogP contribution in [0.2, 0.25) is 0 Å². The number of rotatable bonds is 4. The van der Waals surface area contributed by atoms with Gasteiger partial charge < -0.3 is 9.31 Å². The molecule has 0 atom stereocenters. The number of sulfonamides is 1. The molecule has 0 radical (unpaired) electrons. The van der Waals surface area contributed by atoms with Crippen molar-refractivity contribution in [3.05, 3.63) is 48.2 Å². The largest absolute Gasteiger partial charge is 0.514 e. The molecule has 1 N–H and O–H groups in total. The van der Waals surface area contributed by atoms with Crippen LogP contribution in [0.4, 0.5) is 5.69 Å². The predicted molar refractivity (Wildman–Crippen MR) is 102 cm³/mol. The zero-order valence-corrected chi connectivity index (χ0v) is 16.4. The molecular weight excluding hydrogens is 351 g/mol. The fourth-order valence-corrected chi connectivity index (χ4v) is 3.54. The van der Waals surface area contributed by atoms with Gasteiger partial charge in [-0.25, -0.2) is 8.42 Å². The van der Waals surface area contributed by atoms with Crippen molar-refractivity contribution >= 4 is 28.4 Å². The van der Waals surface area contributed by atoms with Crippen molar-refractivity contribution < 1.29 is 17.7 Å². The maximum atomic E-state index is 12.4. The Morgan fingerprint density at radius 1 is 0.962 bits per heavy atom. The van der Waals surface area contributed by atoms with Crippen LogP contribution in [0.3, 0.4) is 0 Å². The Kier molecular flexibility index (Phi) is 4.63. The maximum absolute atomic E-state index is 12.4. The summed E-state index contributed by atoms with van der Waals surface area (Å²) in [7, 11) is -4.23. The summed E-state index contributed by atoms with van der Waals surface area (Å²) in [5.74, 6) is 0. The van der Waals surface area contributed by atoms with Gasteiger partial charge in [0.05, 0.1) is 33.6 Å². The summed E-state index contributed by atoms with van der Waals surface area (Å²) in [6.45, 7) is 9.78. The Morgan fingerprint density at radius 3 is 2.04 bits per heavy atom. The second kappa shape index (κ2) is 6.37. The minimum absolute atomic E-state index is 0.207. The number of aromatic nitrogens is 1. The topological polar surface area (TPSA) is 77.5 Å². The molecule has 1 aliphatic heterocycles. The van der Waals surface area contributed by atoms with E-state index in [4.69, 9.17) is 9.31 Å². The molecule has 26 heavy (non-hydrogen) atoms. The summed E-state index contributed by atoms with van der Waals surface area (Å²) in [4.78, 5) is 4.51. The molecule has 0 saturated carbocycles. The van der Waals surface area contributed by atoms with Crippen molar-refractivity contribution in [2.45, 2.75) is 50.7 Å². The van der Waals surface area contributed by atoms with E-state index in [9.17, 15) is 8.42 Å². The molecule has 0 aliphatic carbocycles. The molecule has 1 fully saturated rings. The molecule has 6 nitrogen and oxygen atoms in total. The average molecular weight is 374 g/mol. The summed E-state index contributed by atoms with van der Waals surface area (Å²) >= 11 is 0. The minimum Gasteiger partial charge on any atom is -0.398 e. The Morgan fingerprint density at radius 2 is 1.54 bits per heavy atom. The van der Waals surface area contributed by atoms with E-state index in [0.29, 0.717) is 11.3 Å². The van der Waals surface area contributed by atoms with Crippen molar-refractivity contribution in [1.82, 2.24) is 4.98 Å². The minimum atomic E-state index is -3.65. The van der Waals surface area contributed by atoms with Gasteiger partial charge in [0.1, 0.15) is 0 Å². The van der Waals surface area contributed by atoms with E-state index in [0.717, 1.165) is 5.56 Å². The number of nitrogens with zero attached hydrogens (tertiary/aromatic N) is 1. The fraction of sp³-hybridized carbons (Fsp3) is 0.389. The molecule has 8 heteroatoms. The quantitative estimate of drug-likeness (QED) is 0.832. The van der Waals surface area contributed by atoms with Crippen LogP contribution in [0.25, 0.3) is 0 Å². The van der Waals surface area contributed by atoms with Gasteiger partial charge in [-0.05, 0) is 58.9 Å². The van der Waals surface area contributed by atoms with E-state index < -0.39 is 28.3 Å². The first-order valence-corrected chi connectivity index (χ1v) is 9.90. The first-order valence-electron chi connectivity index (χ1n) is 8.41. The first-order chi connectivity index (χ1) is 12.0. The molecule has 1 saturated heterocycles. The molecule has 2 heterocycles. The number of nitrogens with one attached hydrogen (secondary N) is 1. The molecule has 2 aromatic rings. The molecule has 3 rings (SSSR count). The molecule has 1 aliphatic rings. The van der Waals surface area contributed by atoms with Crippen molar-refractivity contribution in [2.24, 2.45) is 0 Å². The van der Waals surface area contributed by atoms with Gasteiger partial charge in [-0.3, -0.25) is 9.71 Å². The van der Waals surface area contributed by atoms with E-state index in [2.05, 4.69) is 9.71 Å². The third-order valence-electron chi connectivity index (χ3n) is 4.86. The molecule has 1 aromatic heterocycles. The third-order valence-corrected chi connectivity index (χ3v) is 6.26. The first kappa shape index (κ1) is 18.9. The SMILES string of the molecule is Cc1ccc(S(=O)(=O)Nc2ccc(B3OC(C)(C)C(C)(C)O3)nc2)cc1. The smallest absolute Gasteiger partial charge is 0.398 e. The van der Waals surface area contributed by atoms with Gasteiger partial charge in [0.2, 0.25) is 0 Å². The standard InChI is InChI=1S/C18H23BN2O4S/c1-13-6-9-15(10-7-13)26(22,23)21-14-8-11-16(20-12-14)19-24-17(2,3)18(4,5)25-19/h6-12,21H,1-5H3. The normalized spacial score (nSPS) is 18.7. The van der Waals surface area contributed by atoms with Crippen molar-refractivity contribution in [3.63, 3.8) is 0 Å². The number of pyridine rings is 1. The lowest BCUT2D eigenvalue weighted by atomic mass is 9.84. The van der Waals surface area contributed by atoms with Crippen LogP contribution in [0.15, 0.2) is 47.5 Å². The molecule has 0 bridgehead atoms. The summed E-state index contributed by atoms with van der Waals surface area (Å²) < 4.78 is 39.3. The zero-order valence-electron chi connectivity index (χ0n) is 15.6. The van der Waals surface area contributed by atoms with Gasteiger partial charge in [0.15, 0.2) is 0 Å². The molecule has 0 unspecified atom stereocenters. The van der Waals surface area contributed by atoms with Gasteiger partial charge in [-0.1, -0.05) is 17.7 Å². The third kappa shape index (κ3) is 3.63. The van der Waals surface area contributed by atoms with E-state index >= 15 is 0 Å². The number of anilines is 1. The van der Waals surface area contributed by atoms with Crippen LogP contribution in [-0.4, -0.2) is 31.7 Å². The van der Waals surface area contributed by atoms with Crippen LogP contribution < -0.4 is 10.3 Å². The summed E-state index contributed by atoms with van der Waals surface area (Å²) in [6, 6.07) is 10.0. The Labute approximate surface area is 155 Å². The second-order valence-electron chi connectivity index (χ2n) is 7.48. The van der Waals surface area contributed by atoms with Gasteiger partial charge in [-0.15, -0.1) is 0 Å². The maximum Gasteiger partial charge on any atom is 0.514 e. The van der Waals surface area contributed by atoms with Gasteiger partial charge in [0.25, 0.3) is 10.0 Å². The fourth-order valence-electron chi connectivity index (χ4n) is 2.50. The van der Waals surface area contributed by atoms with Crippen molar-refractivity contribution in [2.75, 3.05) is 4.72 Å². The van der Waals surface area contributed by atoms with E-state index in [1.54, 1.807) is 36.4 Å². The van der Waals surface area contributed by atoms with Crippen LogP contribution in [0, 0.1) is 6.92 Å². The number of hydrogen-bond donors (Lipinski definition) is 1. The molecule has 1 aromatic carbocycles. The monoisotopic (exact) mass is 374 g/mol. The lowest BCUT2D eigenvalue weighted by Gasteiger charge is -2.32. The highest BCUT2D eigenvalue weighted by molar-refractivity contribution is 7.92. The van der Waals surface area contributed by atoms with E-state index in [1.165, 1.54) is 6.20 Å². The molecular formula is C18H23BN2O4S. The summed E-state index contributed by atoms with van der Waals surface area (Å²) in [5.41, 5.74) is 1.07. The van der Waals surface area contributed by atoms with Crippen LogP contribution in [0.1, 0.15) is 33.3 Å². The number of aryl methyl sites for hydroxylation is 1. The van der Waals surface area contributed by atoms with Crippen molar-refractivity contribution in [1.29, 1.82) is 0 Å². The predicted octanol–water partition coefficient (Wildman–Crippen LogP) is 2.49. The van der Waals surface area contributed by atoms with Crippen LogP contribution in [-0.2, 0) is 19.3 Å². The Hall–Kier alpha value is -1.90. The molecule has 0 amide bonds. The van der Waals surface area contributed by atoms with Crippen molar-refractivity contribution in [3.8, 4) is 0 Å². The van der Waals surface area contributed by atoms with Gasteiger partial charge in [-0.2, -0.15) is 0 Å². The number of hydrogen-bond acceptors (Lipinski definition) is 5. The zero-order chi connectivity index (χ0) is 19.2. The number of benzene rings is 1. The molecule has 138 valence electrons. The highest BCUT2D eigenvalue weighted by Gasteiger charge is 2.52.